The van der Waals surface area contributed by atoms with Gasteiger partial charge in [-0.25, -0.2) is 9.97 Å². The highest BCUT2D eigenvalue weighted by molar-refractivity contribution is 5.56. The number of ether oxygens (including phenoxy) is 1. The van der Waals surface area contributed by atoms with Crippen molar-refractivity contribution < 1.29 is 9.15 Å². The first-order chi connectivity index (χ1) is 12.2. The largest absolute Gasteiger partial charge is 0.464 e. The van der Waals surface area contributed by atoms with Crippen LogP contribution in [0.2, 0.25) is 0 Å². The summed E-state index contributed by atoms with van der Waals surface area (Å²) < 4.78 is 11.6. The SMILES string of the molecule is Cc1cc(N2CCOC(c3ccc(C)o3)C2)nc(-c2cccnc2)n1. The van der Waals surface area contributed by atoms with E-state index in [0.717, 1.165) is 35.1 Å². The van der Waals surface area contributed by atoms with Crippen LogP contribution < -0.4 is 4.90 Å². The van der Waals surface area contributed by atoms with Gasteiger partial charge in [-0.15, -0.1) is 0 Å². The summed E-state index contributed by atoms with van der Waals surface area (Å²) in [5, 5.41) is 0. The van der Waals surface area contributed by atoms with Crippen LogP contribution in [0.4, 0.5) is 5.82 Å². The van der Waals surface area contributed by atoms with Gasteiger partial charge in [0.2, 0.25) is 0 Å². The van der Waals surface area contributed by atoms with E-state index < -0.39 is 0 Å². The molecular weight excluding hydrogens is 316 g/mol. The number of furan rings is 1. The van der Waals surface area contributed by atoms with Crippen molar-refractivity contribution >= 4 is 5.82 Å². The molecular formula is C19H20N4O2. The minimum atomic E-state index is -0.0837. The molecule has 1 unspecified atom stereocenters. The van der Waals surface area contributed by atoms with Crippen molar-refractivity contribution in [2.45, 2.75) is 20.0 Å². The van der Waals surface area contributed by atoms with E-state index in [0.29, 0.717) is 19.0 Å². The molecule has 128 valence electrons. The minimum Gasteiger partial charge on any atom is -0.464 e. The Morgan fingerprint density at radius 2 is 2.08 bits per heavy atom. The average Bonchev–Trinajstić information content (AvgIpc) is 3.08. The second kappa shape index (κ2) is 6.64. The molecule has 0 N–H and O–H groups in total. The van der Waals surface area contributed by atoms with Crippen LogP contribution in [-0.2, 0) is 4.74 Å². The van der Waals surface area contributed by atoms with Crippen molar-refractivity contribution in [2.75, 3.05) is 24.6 Å². The van der Waals surface area contributed by atoms with Crippen LogP contribution in [-0.4, -0.2) is 34.6 Å². The lowest BCUT2D eigenvalue weighted by molar-refractivity contribution is 0.0250. The van der Waals surface area contributed by atoms with Crippen molar-refractivity contribution in [1.82, 2.24) is 15.0 Å². The highest BCUT2D eigenvalue weighted by Crippen LogP contribution is 2.27. The molecule has 1 aliphatic heterocycles. The Labute approximate surface area is 146 Å². The standard InChI is InChI=1S/C19H20N4O2/c1-13-10-18(22-19(21-13)15-4-3-7-20-11-15)23-8-9-24-17(12-23)16-6-5-14(2)25-16/h3-7,10-11,17H,8-9,12H2,1-2H3. The summed E-state index contributed by atoms with van der Waals surface area (Å²) in [6.45, 7) is 6.06. The Balaban J connectivity index is 1.61. The second-order valence-corrected chi connectivity index (χ2v) is 6.19. The Morgan fingerprint density at radius 1 is 1.16 bits per heavy atom. The number of hydrogen-bond acceptors (Lipinski definition) is 6. The summed E-state index contributed by atoms with van der Waals surface area (Å²) >= 11 is 0. The van der Waals surface area contributed by atoms with Crippen LogP contribution in [0.25, 0.3) is 11.4 Å². The lowest BCUT2D eigenvalue weighted by Crippen LogP contribution is -2.38. The van der Waals surface area contributed by atoms with Gasteiger partial charge < -0.3 is 14.1 Å². The maximum Gasteiger partial charge on any atom is 0.163 e. The molecule has 6 heteroatoms. The fourth-order valence-corrected chi connectivity index (χ4v) is 2.99. The molecule has 0 aliphatic carbocycles. The van der Waals surface area contributed by atoms with Gasteiger partial charge in [0, 0.05) is 36.3 Å². The molecule has 4 heterocycles. The fraction of sp³-hybridized carbons (Fsp3) is 0.316. The molecule has 3 aromatic rings. The summed E-state index contributed by atoms with van der Waals surface area (Å²) in [5.74, 6) is 3.36. The molecule has 1 fully saturated rings. The van der Waals surface area contributed by atoms with Gasteiger partial charge in [-0.3, -0.25) is 4.98 Å². The van der Waals surface area contributed by atoms with Gasteiger partial charge in [0.1, 0.15) is 23.4 Å². The van der Waals surface area contributed by atoms with Crippen molar-refractivity contribution in [3.05, 3.63) is 59.9 Å². The summed E-state index contributed by atoms with van der Waals surface area (Å²) in [6.07, 6.45) is 3.45. The predicted molar refractivity (Wildman–Crippen MR) is 94.4 cm³/mol. The minimum absolute atomic E-state index is 0.0837. The van der Waals surface area contributed by atoms with Crippen LogP contribution in [0.5, 0.6) is 0 Å². The number of anilines is 1. The summed E-state index contributed by atoms with van der Waals surface area (Å²) in [5.41, 5.74) is 1.85. The molecule has 0 saturated carbocycles. The zero-order valence-electron chi connectivity index (χ0n) is 14.3. The van der Waals surface area contributed by atoms with Crippen molar-refractivity contribution in [2.24, 2.45) is 0 Å². The summed E-state index contributed by atoms with van der Waals surface area (Å²) in [4.78, 5) is 15.7. The molecule has 1 atom stereocenters. The van der Waals surface area contributed by atoms with Crippen molar-refractivity contribution in [3.8, 4) is 11.4 Å². The second-order valence-electron chi connectivity index (χ2n) is 6.19. The number of hydrogen-bond donors (Lipinski definition) is 0. The quantitative estimate of drug-likeness (QED) is 0.731. The molecule has 0 bridgehead atoms. The van der Waals surface area contributed by atoms with Crippen LogP contribution in [0, 0.1) is 13.8 Å². The van der Waals surface area contributed by atoms with E-state index in [9.17, 15) is 0 Å². The monoisotopic (exact) mass is 336 g/mol. The van der Waals surface area contributed by atoms with E-state index in [2.05, 4.69) is 14.9 Å². The molecule has 25 heavy (non-hydrogen) atoms. The molecule has 3 aromatic heterocycles. The Bertz CT molecular complexity index is 863. The van der Waals surface area contributed by atoms with Crippen LogP contribution >= 0.6 is 0 Å². The molecule has 0 aromatic carbocycles. The topological polar surface area (TPSA) is 64.3 Å². The van der Waals surface area contributed by atoms with Gasteiger partial charge >= 0.3 is 0 Å². The number of rotatable bonds is 3. The normalized spacial score (nSPS) is 17.7. The van der Waals surface area contributed by atoms with Gasteiger partial charge in [-0.05, 0) is 38.1 Å². The van der Waals surface area contributed by atoms with Crippen LogP contribution in [0.1, 0.15) is 23.3 Å². The summed E-state index contributed by atoms with van der Waals surface area (Å²) in [7, 11) is 0. The third-order valence-electron chi connectivity index (χ3n) is 4.23. The van der Waals surface area contributed by atoms with Crippen LogP contribution in [0.3, 0.4) is 0 Å². The third kappa shape index (κ3) is 3.39. The number of aryl methyl sites for hydroxylation is 2. The molecule has 1 aliphatic rings. The number of morpholine rings is 1. The molecule has 0 amide bonds. The number of aromatic nitrogens is 3. The van der Waals surface area contributed by atoms with Gasteiger partial charge in [0.25, 0.3) is 0 Å². The zero-order chi connectivity index (χ0) is 17.2. The lowest BCUT2D eigenvalue weighted by atomic mass is 10.2. The lowest BCUT2D eigenvalue weighted by Gasteiger charge is -2.33. The average molecular weight is 336 g/mol. The van der Waals surface area contributed by atoms with Gasteiger partial charge in [0.15, 0.2) is 5.82 Å². The van der Waals surface area contributed by atoms with Gasteiger partial charge in [-0.2, -0.15) is 0 Å². The maximum atomic E-state index is 5.89. The highest BCUT2D eigenvalue weighted by Gasteiger charge is 2.25. The Morgan fingerprint density at radius 3 is 2.84 bits per heavy atom. The van der Waals surface area contributed by atoms with Gasteiger partial charge in [-0.1, -0.05) is 0 Å². The maximum absolute atomic E-state index is 5.89. The smallest absolute Gasteiger partial charge is 0.163 e. The van der Waals surface area contributed by atoms with E-state index in [-0.39, 0.29) is 6.10 Å². The Kier molecular flexibility index (Phi) is 4.19. The van der Waals surface area contributed by atoms with E-state index in [4.69, 9.17) is 14.1 Å². The predicted octanol–water partition coefficient (Wildman–Crippen LogP) is 3.33. The highest BCUT2D eigenvalue weighted by atomic mass is 16.5. The fourth-order valence-electron chi connectivity index (χ4n) is 2.99. The molecule has 4 rings (SSSR count). The van der Waals surface area contributed by atoms with Crippen molar-refractivity contribution in [3.63, 3.8) is 0 Å². The van der Waals surface area contributed by atoms with E-state index in [1.807, 2.05) is 44.2 Å². The number of nitrogens with zero attached hydrogens (tertiary/aromatic N) is 4. The van der Waals surface area contributed by atoms with E-state index >= 15 is 0 Å². The first kappa shape index (κ1) is 15.8. The molecule has 6 nitrogen and oxygen atoms in total. The van der Waals surface area contributed by atoms with E-state index in [1.54, 1.807) is 12.4 Å². The first-order valence-electron chi connectivity index (χ1n) is 8.38. The molecule has 1 saturated heterocycles. The third-order valence-corrected chi connectivity index (χ3v) is 4.23. The summed E-state index contributed by atoms with van der Waals surface area (Å²) in [6, 6.07) is 9.82. The molecule has 0 radical (unpaired) electrons. The Hall–Kier alpha value is -2.73. The van der Waals surface area contributed by atoms with Crippen molar-refractivity contribution in [1.29, 1.82) is 0 Å². The zero-order valence-corrected chi connectivity index (χ0v) is 14.3. The number of pyridine rings is 1. The molecule has 0 spiro atoms. The van der Waals surface area contributed by atoms with Crippen LogP contribution in [0.15, 0.2) is 47.1 Å². The van der Waals surface area contributed by atoms with E-state index in [1.165, 1.54) is 0 Å². The first-order valence-corrected chi connectivity index (χ1v) is 8.38. The van der Waals surface area contributed by atoms with Gasteiger partial charge in [0.05, 0.1) is 13.2 Å².